The number of para-hydroxylation sites is 4. The van der Waals surface area contributed by atoms with Gasteiger partial charge in [-0.25, -0.2) is 19.9 Å². The molecule has 0 saturated carbocycles. The van der Waals surface area contributed by atoms with Gasteiger partial charge in [-0.15, -0.1) is 0 Å². The number of aromatic nitrogens is 8. The lowest BCUT2D eigenvalue weighted by Crippen LogP contribution is -2.31. The highest BCUT2D eigenvalue weighted by Crippen LogP contribution is 2.57. The third-order valence-electron chi connectivity index (χ3n) is 15.5. The predicted octanol–water partition coefficient (Wildman–Crippen LogP) is 16.2. The quantitative estimate of drug-likeness (QED) is 0.146. The number of pyridine rings is 4. The van der Waals surface area contributed by atoms with Crippen molar-refractivity contribution in [1.29, 1.82) is 0 Å². The van der Waals surface area contributed by atoms with E-state index in [0.29, 0.717) is 23.0 Å². The van der Waals surface area contributed by atoms with Crippen LogP contribution in [0.1, 0.15) is 49.9 Å². The first kappa shape index (κ1) is 46.5. The molecule has 372 valence electrons. The van der Waals surface area contributed by atoms with Gasteiger partial charge >= 0.3 is 0 Å². The third kappa shape index (κ3) is 7.71. The summed E-state index contributed by atoms with van der Waals surface area (Å²) >= 11 is 0. The summed E-state index contributed by atoms with van der Waals surface area (Å²) in [5, 5.41) is 1.94. The minimum Gasteiger partial charge on any atom is -0.309 e. The molecule has 8 heterocycles. The zero-order valence-corrected chi connectivity index (χ0v) is 43.4. The first-order valence-corrected chi connectivity index (χ1v) is 26.2. The second-order valence-electron chi connectivity index (χ2n) is 20.9. The van der Waals surface area contributed by atoms with E-state index in [4.69, 9.17) is 29.9 Å². The number of benzene rings is 6. The van der Waals surface area contributed by atoms with Crippen molar-refractivity contribution in [3.63, 3.8) is 0 Å². The molecular formula is C68H50N10. The summed E-state index contributed by atoms with van der Waals surface area (Å²) in [4.78, 5) is 45.2. The van der Waals surface area contributed by atoms with Crippen LogP contribution in [0, 0.1) is 0 Å². The van der Waals surface area contributed by atoms with E-state index in [1.165, 1.54) is 22.3 Å². The topological polar surface area (TPSA) is 110 Å². The van der Waals surface area contributed by atoms with Gasteiger partial charge in [0.2, 0.25) is 0 Å². The van der Waals surface area contributed by atoms with Crippen LogP contribution in [0.5, 0.6) is 0 Å². The summed E-state index contributed by atoms with van der Waals surface area (Å²) in [5.41, 5.74) is 18.1. The van der Waals surface area contributed by atoms with Gasteiger partial charge in [0, 0.05) is 81.0 Å². The Hall–Kier alpha value is -10.1. The lowest BCUT2D eigenvalue weighted by molar-refractivity contribution is 0.632. The molecule has 0 radical (unpaired) electrons. The fraction of sp³-hybridized carbons (Fsp3) is 0.0882. The van der Waals surface area contributed by atoms with Crippen LogP contribution in [0.15, 0.2) is 231 Å². The van der Waals surface area contributed by atoms with Gasteiger partial charge in [0.25, 0.3) is 0 Å². The van der Waals surface area contributed by atoms with E-state index < -0.39 is 0 Å². The number of anilines is 6. The smallest absolute Gasteiger partial charge is 0.160 e. The summed E-state index contributed by atoms with van der Waals surface area (Å²) in [6.07, 6.45) is 10.9. The summed E-state index contributed by atoms with van der Waals surface area (Å²) in [7, 11) is 0. The van der Waals surface area contributed by atoms with Crippen LogP contribution >= 0.6 is 0 Å². The molecular weight excluding hydrogens is 957 g/mol. The Labute approximate surface area is 452 Å². The van der Waals surface area contributed by atoms with E-state index in [-0.39, 0.29) is 10.8 Å². The van der Waals surface area contributed by atoms with Gasteiger partial charge in [-0.2, -0.15) is 0 Å². The fourth-order valence-corrected chi connectivity index (χ4v) is 11.7. The molecule has 0 bridgehead atoms. The van der Waals surface area contributed by atoms with Crippen molar-refractivity contribution in [1.82, 2.24) is 39.9 Å². The van der Waals surface area contributed by atoms with Gasteiger partial charge in [0.15, 0.2) is 11.6 Å². The largest absolute Gasteiger partial charge is 0.309 e. The molecule has 0 unspecified atom stereocenters. The lowest BCUT2D eigenvalue weighted by Gasteiger charge is -2.43. The molecule has 0 saturated heterocycles. The first-order chi connectivity index (χ1) is 38.2. The average molecular weight is 1010 g/mol. The fourth-order valence-electron chi connectivity index (χ4n) is 11.7. The molecule has 0 fully saturated rings. The molecule has 6 aromatic carbocycles. The summed E-state index contributed by atoms with van der Waals surface area (Å²) in [5.74, 6) is 1.09. The van der Waals surface area contributed by atoms with Crippen LogP contribution in [0.2, 0.25) is 0 Å². The molecule has 0 atom stereocenters. The Balaban J connectivity index is 1.15. The van der Waals surface area contributed by atoms with E-state index in [1.807, 2.05) is 85.2 Å². The number of fused-ring (bicyclic) bond motifs is 5. The maximum absolute atomic E-state index is 5.44. The van der Waals surface area contributed by atoms with Gasteiger partial charge in [-0.05, 0) is 131 Å². The number of hydrogen-bond donors (Lipinski definition) is 0. The molecule has 6 aromatic heterocycles. The minimum absolute atomic E-state index is 0.317. The van der Waals surface area contributed by atoms with E-state index >= 15 is 0 Å². The monoisotopic (exact) mass is 1010 g/mol. The van der Waals surface area contributed by atoms with Crippen molar-refractivity contribution in [3.8, 4) is 68.1 Å². The molecule has 0 N–H and O–H groups in total. The highest BCUT2D eigenvalue weighted by Gasteiger charge is 2.40. The Morgan fingerprint density at radius 1 is 0.295 bits per heavy atom. The minimum atomic E-state index is -0.317. The Morgan fingerprint density at radius 3 is 1.00 bits per heavy atom. The Bertz CT molecular complexity index is 3790. The van der Waals surface area contributed by atoms with Crippen LogP contribution in [0.3, 0.4) is 0 Å². The normalized spacial score (nSPS) is 13.8. The van der Waals surface area contributed by atoms with Crippen LogP contribution < -0.4 is 9.80 Å². The van der Waals surface area contributed by atoms with Crippen LogP contribution in [-0.2, 0) is 10.8 Å². The number of nitrogens with zero attached hydrogens (tertiary/aromatic N) is 10. The van der Waals surface area contributed by atoms with Crippen LogP contribution in [0.4, 0.5) is 34.1 Å². The van der Waals surface area contributed by atoms with Gasteiger partial charge in [-0.3, -0.25) is 19.9 Å². The molecule has 2 aliphatic heterocycles. The van der Waals surface area contributed by atoms with Gasteiger partial charge in [0.1, 0.15) is 0 Å². The van der Waals surface area contributed by atoms with Crippen molar-refractivity contribution in [2.24, 2.45) is 0 Å². The Kier molecular flexibility index (Phi) is 10.9. The first-order valence-electron chi connectivity index (χ1n) is 26.2. The second kappa shape index (κ2) is 18.4. The molecule has 10 nitrogen and oxygen atoms in total. The number of rotatable bonds is 8. The molecule has 0 aliphatic carbocycles. The van der Waals surface area contributed by atoms with E-state index in [9.17, 15) is 0 Å². The average Bonchev–Trinajstić information content (AvgIpc) is 3.68. The highest BCUT2D eigenvalue weighted by atomic mass is 15.2. The van der Waals surface area contributed by atoms with Crippen molar-refractivity contribution >= 4 is 44.9 Å². The second-order valence-corrected chi connectivity index (χ2v) is 20.9. The summed E-state index contributed by atoms with van der Waals surface area (Å²) < 4.78 is 0. The SMILES string of the molecule is CC1(C)c2ccccc2N(c2cc(-c3nc(-c4cccnc4)cc(-c4ccccn4)n3)cc3c(N4c5ccccc5C(C)(C)c5ccccc54)cc(-c4nc(-c5cccnc5)cc(-c5ccccn5)n4)cc23)c2ccccc21. The van der Waals surface area contributed by atoms with Crippen molar-refractivity contribution < 1.29 is 0 Å². The van der Waals surface area contributed by atoms with Gasteiger partial charge in [0.05, 0.1) is 68.3 Å². The van der Waals surface area contributed by atoms with E-state index in [2.05, 4.69) is 169 Å². The van der Waals surface area contributed by atoms with Crippen LogP contribution in [0.25, 0.3) is 78.8 Å². The molecule has 10 heteroatoms. The van der Waals surface area contributed by atoms with Crippen molar-refractivity contribution in [2.45, 2.75) is 38.5 Å². The van der Waals surface area contributed by atoms with Gasteiger partial charge in [-0.1, -0.05) is 113 Å². The molecule has 14 rings (SSSR count). The van der Waals surface area contributed by atoms with Crippen molar-refractivity contribution in [3.05, 3.63) is 254 Å². The standard InChI is InChI=1S/C68H50N10/c1-67(2)49-21-5-9-27-59(49)77(60-28-10-6-22-50(60)67)63-37-45(65-73-55(43-19-17-31-69-41-43)39-57(75-65)53-25-13-15-33-71-53)36-48-47(63)35-46(66-74-56(44-20-18-32-70-42-44)40-58(76-66)54-26-14-16-34-72-54)38-64(48)78-61-29-11-7-23-51(61)68(3,4)52-24-8-12-30-62(52)78/h5-42H,1-4H3. The maximum Gasteiger partial charge on any atom is 0.160 e. The molecule has 0 spiro atoms. The zero-order chi connectivity index (χ0) is 52.5. The number of hydrogen-bond acceptors (Lipinski definition) is 10. The maximum atomic E-state index is 5.44. The van der Waals surface area contributed by atoms with Gasteiger partial charge < -0.3 is 9.80 Å². The highest BCUT2D eigenvalue weighted by molar-refractivity contribution is 6.12. The summed E-state index contributed by atoms with van der Waals surface area (Å²) in [6.45, 7) is 9.29. The zero-order valence-electron chi connectivity index (χ0n) is 43.4. The van der Waals surface area contributed by atoms with Crippen LogP contribution in [-0.4, -0.2) is 39.9 Å². The van der Waals surface area contributed by atoms with Crippen molar-refractivity contribution in [2.75, 3.05) is 9.80 Å². The van der Waals surface area contributed by atoms with E-state index in [0.717, 1.165) is 89.9 Å². The lowest BCUT2D eigenvalue weighted by atomic mass is 9.73. The Morgan fingerprint density at radius 2 is 0.654 bits per heavy atom. The molecule has 2 aliphatic rings. The molecule has 12 aromatic rings. The third-order valence-corrected chi connectivity index (χ3v) is 15.5. The molecule has 0 amide bonds. The summed E-state index contributed by atoms with van der Waals surface area (Å²) in [6, 6.07) is 68.0. The van der Waals surface area contributed by atoms with E-state index in [1.54, 1.807) is 24.8 Å². The molecule has 78 heavy (non-hydrogen) atoms. The predicted molar refractivity (Wildman–Crippen MR) is 313 cm³/mol.